The number of hydrogen-bond acceptors (Lipinski definition) is 17. The van der Waals surface area contributed by atoms with Crippen LogP contribution in [0.15, 0.2) is 33.7 Å². The van der Waals surface area contributed by atoms with Gasteiger partial charge in [-0.1, -0.05) is 21.1 Å². The topological polar surface area (TPSA) is 239 Å². The third-order valence-corrected chi connectivity index (χ3v) is 6.73. The minimum Gasteiger partial charge on any atom is -0.463 e. The highest BCUT2D eigenvalue weighted by Crippen LogP contribution is 2.35. The molecule has 1 aromatic rings. The fourth-order valence-electron chi connectivity index (χ4n) is 4.07. The van der Waals surface area contributed by atoms with Crippen LogP contribution in [0.25, 0.3) is 10.4 Å². The molecule has 6 atom stereocenters. The number of carbonyl (C=O) groups excluding carboxylic acids is 4. The molecular formula is C28H39FN4O15S. The maximum atomic E-state index is 14.9. The first-order valence-corrected chi connectivity index (χ1v) is 16.1. The number of carbonyl (C=O) groups is 4. The normalized spacial score (nSPS) is 21.2. The summed E-state index contributed by atoms with van der Waals surface area (Å²) < 4.78 is 84.5. The van der Waals surface area contributed by atoms with Crippen LogP contribution >= 0.6 is 0 Å². The summed E-state index contributed by atoms with van der Waals surface area (Å²) in [6.45, 7) is 4.71. The van der Waals surface area contributed by atoms with Crippen molar-refractivity contribution in [3.8, 4) is 11.5 Å². The minimum absolute atomic E-state index is 0.112. The number of ether oxygens (including phenoxy) is 9. The molecule has 2 rings (SSSR count). The smallest absolute Gasteiger partial charge is 0.377 e. The van der Waals surface area contributed by atoms with Crippen LogP contribution in [0.2, 0.25) is 0 Å². The summed E-state index contributed by atoms with van der Waals surface area (Å²) in [6.07, 6.45) is -7.49. The van der Waals surface area contributed by atoms with Crippen LogP contribution in [-0.4, -0.2) is 118 Å². The Kier molecular flexibility index (Phi) is 18.1. The van der Waals surface area contributed by atoms with E-state index >= 15 is 0 Å². The summed E-state index contributed by atoms with van der Waals surface area (Å²) in [6, 6.07) is 5.37. The standard InChI is InChI=1S/C28H39FN4O15S/c1-18(34)42-17-24-25(43-19(2)35)26(44-20(3)36)27(45-21(4)37)28(47-24)46-22-7-5-6-8-23(22)48-49(29,38)32-10-12-40-14-16-41-15-13-39-11-9-31-33-30/h5-8,24-28H,9-17H2,1-4H3/t24-,25+,26+,27-,28-,49?/m1/s1. The van der Waals surface area contributed by atoms with Crippen LogP contribution < -0.4 is 8.92 Å². The van der Waals surface area contributed by atoms with E-state index in [1.54, 1.807) is 0 Å². The molecule has 1 aliphatic heterocycles. The summed E-state index contributed by atoms with van der Waals surface area (Å²) in [5, 5.41) is 3.32. The molecule has 19 nitrogen and oxygen atoms in total. The molecule has 1 fully saturated rings. The maximum absolute atomic E-state index is 14.9. The molecule has 49 heavy (non-hydrogen) atoms. The van der Waals surface area contributed by atoms with Crippen LogP contribution in [0.1, 0.15) is 27.7 Å². The van der Waals surface area contributed by atoms with Gasteiger partial charge in [0, 0.05) is 39.2 Å². The number of halogens is 1. The third kappa shape index (κ3) is 16.1. The van der Waals surface area contributed by atoms with Gasteiger partial charge in [0.25, 0.3) is 0 Å². The summed E-state index contributed by atoms with van der Waals surface area (Å²) in [5.41, 5.74) is 8.18. The van der Waals surface area contributed by atoms with E-state index in [2.05, 4.69) is 14.4 Å². The molecule has 1 saturated heterocycles. The predicted molar refractivity (Wildman–Crippen MR) is 163 cm³/mol. The average molecular weight is 723 g/mol. The Morgan fingerprint density at radius 1 is 0.796 bits per heavy atom. The van der Waals surface area contributed by atoms with E-state index in [9.17, 15) is 27.3 Å². The summed E-state index contributed by atoms with van der Waals surface area (Å²) in [7, 11) is -4.80. The molecule has 0 bridgehead atoms. The fraction of sp³-hybridized carbons (Fsp3) is 0.643. The zero-order valence-corrected chi connectivity index (χ0v) is 28.1. The molecule has 1 unspecified atom stereocenters. The first-order chi connectivity index (χ1) is 23.3. The van der Waals surface area contributed by atoms with E-state index < -0.39 is 77.3 Å². The molecule has 1 aromatic carbocycles. The number of nitrogens with zero attached hydrogens (tertiary/aromatic N) is 4. The van der Waals surface area contributed by atoms with Crippen molar-refractivity contribution in [1.82, 2.24) is 0 Å². The van der Waals surface area contributed by atoms with Gasteiger partial charge in [0.05, 0.1) is 46.2 Å². The molecule has 0 saturated carbocycles. The average Bonchev–Trinajstić information content (AvgIpc) is 3.01. The van der Waals surface area contributed by atoms with Crippen molar-refractivity contribution in [2.45, 2.75) is 58.4 Å². The lowest BCUT2D eigenvalue weighted by Gasteiger charge is -2.43. The molecule has 0 radical (unpaired) electrons. The second-order valence-electron chi connectivity index (χ2n) is 9.77. The highest BCUT2D eigenvalue weighted by molar-refractivity contribution is 7.84. The van der Waals surface area contributed by atoms with Gasteiger partial charge in [0.2, 0.25) is 12.4 Å². The Bertz CT molecular complexity index is 1420. The molecule has 1 heterocycles. The molecule has 0 N–H and O–H groups in total. The molecule has 0 aromatic heterocycles. The zero-order chi connectivity index (χ0) is 36.2. The van der Waals surface area contributed by atoms with E-state index in [1.165, 1.54) is 24.3 Å². The van der Waals surface area contributed by atoms with Crippen LogP contribution in [0.4, 0.5) is 3.89 Å². The molecule has 0 spiro atoms. The Morgan fingerprint density at radius 2 is 1.33 bits per heavy atom. The monoisotopic (exact) mass is 722 g/mol. The summed E-state index contributed by atoms with van der Waals surface area (Å²) in [5.74, 6) is -3.91. The van der Waals surface area contributed by atoms with E-state index in [0.717, 1.165) is 27.7 Å². The fourth-order valence-corrected chi connectivity index (χ4v) is 4.77. The number of esters is 4. The lowest BCUT2D eigenvalue weighted by atomic mass is 9.98. The quantitative estimate of drug-likeness (QED) is 0.0336. The van der Waals surface area contributed by atoms with Crippen molar-refractivity contribution < 1.29 is 74.1 Å². The number of rotatable bonds is 21. The highest BCUT2D eigenvalue weighted by atomic mass is 32.3. The van der Waals surface area contributed by atoms with Crippen molar-refractivity contribution in [3.63, 3.8) is 0 Å². The number of para-hydroxylation sites is 2. The summed E-state index contributed by atoms with van der Waals surface area (Å²) >= 11 is 0. The van der Waals surface area contributed by atoms with Gasteiger partial charge in [-0.2, -0.15) is 8.57 Å². The largest absolute Gasteiger partial charge is 0.463 e. The van der Waals surface area contributed by atoms with E-state index in [4.69, 9.17) is 52.3 Å². The van der Waals surface area contributed by atoms with Crippen molar-refractivity contribution in [1.29, 1.82) is 0 Å². The highest BCUT2D eigenvalue weighted by Gasteiger charge is 2.53. The molecule has 21 heteroatoms. The van der Waals surface area contributed by atoms with Crippen LogP contribution in [0.3, 0.4) is 0 Å². The second-order valence-corrected chi connectivity index (χ2v) is 11.0. The molecule has 0 aliphatic carbocycles. The van der Waals surface area contributed by atoms with Crippen LogP contribution in [0, 0.1) is 0 Å². The van der Waals surface area contributed by atoms with Gasteiger partial charge < -0.3 is 46.8 Å². The molecule has 274 valence electrons. The number of azide groups is 1. The van der Waals surface area contributed by atoms with Gasteiger partial charge in [-0.25, -0.2) is 0 Å². The predicted octanol–water partition coefficient (Wildman–Crippen LogP) is 2.15. The lowest BCUT2D eigenvalue weighted by molar-refractivity contribution is -0.288. The van der Waals surface area contributed by atoms with E-state index in [1.807, 2.05) is 0 Å². The molecular weight excluding hydrogens is 683 g/mol. The molecule has 1 aliphatic rings. The third-order valence-electron chi connectivity index (χ3n) is 5.86. The van der Waals surface area contributed by atoms with E-state index in [-0.39, 0.29) is 58.5 Å². The van der Waals surface area contributed by atoms with E-state index in [0.29, 0.717) is 0 Å². The minimum atomic E-state index is -4.80. The van der Waals surface area contributed by atoms with Crippen molar-refractivity contribution in [3.05, 3.63) is 34.7 Å². The maximum Gasteiger partial charge on any atom is 0.377 e. The Labute approximate surface area is 281 Å². The zero-order valence-electron chi connectivity index (χ0n) is 27.3. The van der Waals surface area contributed by atoms with Gasteiger partial charge in [-0.3, -0.25) is 19.2 Å². The van der Waals surface area contributed by atoms with Crippen LogP contribution in [-0.2, 0) is 67.5 Å². The SMILES string of the molecule is CC(=O)OC[C@H]1O[C@@H](Oc2ccccc2OS(=O)(F)=NCCOCCOCCOCCN=[N+]=[N-])[C@H](OC(C)=O)[C@@H](OC(C)=O)[C@H]1OC(C)=O. The van der Waals surface area contributed by atoms with Gasteiger partial charge in [-0.15, -0.1) is 0 Å². The first kappa shape index (κ1) is 40.9. The van der Waals surface area contributed by atoms with Crippen molar-refractivity contribution in [2.75, 3.05) is 59.3 Å². The van der Waals surface area contributed by atoms with Crippen molar-refractivity contribution >= 4 is 34.3 Å². The summed E-state index contributed by atoms with van der Waals surface area (Å²) in [4.78, 5) is 50.2. The Morgan fingerprint density at radius 3 is 1.90 bits per heavy atom. The van der Waals surface area contributed by atoms with Crippen LogP contribution in [0.5, 0.6) is 11.5 Å². The van der Waals surface area contributed by atoms with Gasteiger partial charge in [-0.05, 0) is 17.7 Å². The number of hydrogen-bond donors (Lipinski definition) is 0. The second kappa shape index (κ2) is 21.6. The van der Waals surface area contributed by atoms with Crippen molar-refractivity contribution in [2.24, 2.45) is 9.48 Å². The molecule has 0 amide bonds. The lowest BCUT2D eigenvalue weighted by Crippen LogP contribution is -2.63. The van der Waals surface area contributed by atoms with Gasteiger partial charge in [0.1, 0.15) is 12.7 Å². The number of benzene rings is 1. The Hall–Kier alpha value is -4.27. The Balaban J connectivity index is 2.12. The first-order valence-electron chi connectivity index (χ1n) is 14.7. The van der Waals surface area contributed by atoms with Gasteiger partial charge in [0.15, 0.2) is 23.7 Å². The van der Waals surface area contributed by atoms with Gasteiger partial charge >= 0.3 is 34.3 Å².